The maximum Gasteiger partial charge on any atom is 0.269 e. The van der Waals surface area contributed by atoms with Gasteiger partial charge in [-0.15, -0.1) is 0 Å². The molecule has 104 valence electrons. The molecule has 1 rings (SSSR count). The van der Waals surface area contributed by atoms with Crippen LogP contribution in [-0.4, -0.2) is 21.9 Å². The van der Waals surface area contributed by atoms with Crippen molar-refractivity contribution >= 4 is 11.5 Å². The van der Waals surface area contributed by atoms with E-state index in [1.54, 1.807) is 0 Å². The number of hydrogen-bond acceptors (Lipinski definition) is 4. The van der Waals surface area contributed by atoms with Gasteiger partial charge in [0.05, 0.1) is 11.0 Å². The first-order valence-electron chi connectivity index (χ1n) is 6.50. The number of hydrogen-bond donors (Lipinski definition) is 1. The number of nitro groups is 1. The summed E-state index contributed by atoms with van der Waals surface area (Å²) in [5.41, 5.74) is 0.361. The van der Waals surface area contributed by atoms with Crippen molar-refractivity contribution in [2.75, 3.05) is 0 Å². The lowest BCUT2D eigenvalue weighted by atomic mass is 10.0. The van der Waals surface area contributed by atoms with Gasteiger partial charge in [-0.25, -0.2) is 0 Å². The predicted molar refractivity (Wildman–Crippen MR) is 72.2 cm³/mol. The van der Waals surface area contributed by atoms with Gasteiger partial charge in [0.25, 0.3) is 5.69 Å². The molecule has 0 bridgehead atoms. The van der Waals surface area contributed by atoms with E-state index in [-0.39, 0.29) is 17.9 Å². The van der Waals surface area contributed by atoms with Gasteiger partial charge in [-0.2, -0.15) is 0 Å². The molecule has 0 aliphatic rings. The zero-order valence-corrected chi connectivity index (χ0v) is 11.0. The Bertz CT molecular complexity index is 428. The third kappa shape index (κ3) is 5.18. The van der Waals surface area contributed by atoms with Crippen molar-refractivity contribution in [2.24, 2.45) is 0 Å². The zero-order valence-electron chi connectivity index (χ0n) is 11.0. The number of aliphatic hydroxyl groups is 1. The van der Waals surface area contributed by atoms with Gasteiger partial charge in [-0.05, 0) is 18.6 Å². The first kappa shape index (κ1) is 15.3. The number of rotatable bonds is 8. The van der Waals surface area contributed by atoms with E-state index in [1.807, 2.05) is 0 Å². The molecule has 5 nitrogen and oxygen atoms in total. The molecule has 0 fully saturated rings. The highest BCUT2D eigenvalue weighted by Crippen LogP contribution is 2.15. The van der Waals surface area contributed by atoms with E-state index < -0.39 is 11.0 Å². The van der Waals surface area contributed by atoms with Crippen LogP contribution in [0.2, 0.25) is 0 Å². The molecule has 0 spiro atoms. The Morgan fingerprint density at radius 3 is 2.47 bits per heavy atom. The average Bonchev–Trinajstić information content (AvgIpc) is 2.39. The topological polar surface area (TPSA) is 80.4 Å². The number of ketones is 1. The standard InChI is InChI=1S/C14H19NO4/c1-2-3-4-5-13(16)10-14(17)11-6-8-12(9-7-11)15(18)19/h6-9,13,16H,2-5,10H2,1H3. The number of Topliss-reactive ketones (excluding diaryl/α,β-unsaturated/α-hetero) is 1. The van der Waals surface area contributed by atoms with Gasteiger partial charge in [-0.1, -0.05) is 26.2 Å². The molecule has 0 saturated heterocycles. The SMILES string of the molecule is CCCCCC(O)CC(=O)c1ccc([N+](=O)[O-])cc1. The second kappa shape index (κ2) is 7.63. The summed E-state index contributed by atoms with van der Waals surface area (Å²) in [6.45, 7) is 2.08. The van der Waals surface area contributed by atoms with E-state index in [1.165, 1.54) is 24.3 Å². The molecular formula is C14H19NO4. The Kier molecular flexibility index (Phi) is 6.15. The van der Waals surface area contributed by atoms with E-state index in [9.17, 15) is 20.0 Å². The fourth-order valence-corrected chi connectivity index (χ4v) is 1.83. The number of nitro benzene ring substituents is 1. The molecule has 0 aromatic heterocycles. The summed E-state index contributed by atoms with van der Waals surface area (Å²) in [5, 5.41) is 20.2. The van der Waals surface area contributed by atoms with Crippen molar-refractivity contribution in [3.05, 3.63) is 39.9 Å². The minimum atomic E-state index is -0.630. The number of carbonyl (C=O) groups is 1. The number of carbonyl (C=O) groups excluding carboxylic acids is 1. The van der Waals surface area contributed by atoms with Gasteiger partial charge in [0, 0.05) is 24.1 Å². The summed E-state index contributed by atoms with van der Waals surface area (Å²) in [6, 6.07) is 5.46. The minimum Gasteiger partial charge on any atom is -0.393 e. The quantitative estimate of drug-likeness (QED) is 0.339. The van der Waals surface area contributed by atoms with Crippen LogP contribution in [-0.2, 0) is 0 Å². The van der Waals surface area contributed by atoms with Crippen LogP contribution in [0, 0.1) is 10.1 Å². The second-order valence-corrected chi connectivity index (χ2v) is 4.58. The second-order valence-electron chi connectivity index (χ2n) is 4.58. The number of aliphatic hydroxyl groups excluding tert-OH is 1. The van der Waals surface area contributed by atoms with Crippen LogP contribution in [0.1, 0.15) is 49.4 Å². The Balaban J connectivity index is 2.51. The molecule has 1 aromatic carbocycles. The van der Waals surface area contributed by atoms with Crippen LogP contribution in [0.3, 0.4) is 0 Å². The van der Waals surface area contributed by atoms with Crippen LogP contribution >= 0.6 is 0 Å². The summed E-state index contributed by atoms with van der Waals surface area (Å²) in [6.07, 6.45) is 3.08. The molecule has 1 N–H and O–H groups in total. The fourth-order valence-electron chi connectivity index (χ4n) is 1.83. The van der Waals surface area contributed by atoms with Gasteiger partial charge in [0.1, 0.15) is 0 Å². The first-order chi connectivity index (χ1) is 9.04. The summed E-state index contributed by atoms with van der Waals surface area (Å²) in [4.78, 5) is 21.8. The van der Waals surface area contributed by atoms with Crippen molar-refractivity contribution in [3.8, 4) is 0 Å². The van der Waals surface area contributed by atoms with Crippen LogP contribution in [0.5, 0.6) is 0 Å². The lowest BCUT2D eigenvalue weighted by Crippen LogP contribution is -2.13. The number of benzene rings is 1. The van der Waals surface area contributed by atoms with E-state index in [4.69, 9.17) is 0 Å². The maximum atomic E-state index is 11.8. The molecule has 1 unspecified atom stereocenters. The largest absolute Gasteiger partial charge is 0.393 e. The molecule has 0 heterocycles. The van der Waals surface area contributed by atoms with E-state index >= 15 is 0 Å². The molecule has 0 amide bonds. The lowest BCUT2D eigenvalue weighted by Gasteiger charge is -2.09. The Morgan fingerprint density at radius 2 is 1.95 bits per heavy atom. The van der Waals surface area contributed by atoms with E-state index in [2.05, 4.69) is 6.92 Å². The molecule has 1 atom stereocenters. The van der Waals surface area contributed by atoms with Crippen LogP contribution in [0.15, 0.2) is 24.3 Å². The zero-order chi connectivity index (χ0) is 14.3. The molecule has 0 aliphatic carbocycles. The molecule has 0 aliphatic heterocycles. The Morgan fingerprint density at radius 1 is 1.32 bits per heavy atom. The highest BCUT2D eigenvalue weighted by molar-refractivity contribution is 5.96. The summed E-state index contributed by atoms with van der Waals surface area (Å²) < 4.78 is 0. The third-order valence-corrected chi connectivity index (χ3v) is 2.96. The van der Waals surface area contributed by atoms with Gasteiger partial charge in [0.15, 0.2) is 5.78 Å². The monoisotopic (exact) mass is 265 g/mol. The molecule has 0 saturated carbocycles. The number of unbranched alkanes of at least 4 members (excludes halogenated alkanes) is 2. The fraction of sp³-hybridized carbons (Fsp3) is 0.500. The Labute approximate surface area is 112 Å². The summed E-state index contributed by atoms with van der Waals surface area (Å²) in [5.74, 6) is -0.182. The summed E-state index contributed by atoms with van der Waals surface area (Å²) in [7, 11) is 0. The van der Waals surface area contributed by atoms with Crippen molar-refractivity contribution in [3.63, 3.8) is 0 Å². The summed E-state index contributed by atoms with van der Waals surface area (Å²) >= 11 is 0. The smallest absolute Gasteiger partial charge is 0.269 e. The molecule has 19 heavy (non-hydrogen) atoms. The van der Waals surface area contributed by atoms with Crippen LogP contribution in [0.4, 0.5) is 5.69 Å². The van der Waals surface area contributed by atoms with Gasteiger partial charge < -0.3 is 5.11 Å². The van der Waals surface area contributed by atoms with Crippen LogP contribution < -0.4 is 0 Å². The lowest BCUT2D eigenvalue weighted by molar-refractivity contribution is -0.384. The third-order valence-electron chi connectivity index (χ3n) is 2.96. The molecule has 5 heteroatoms. The molecule has 0 radical (unpaired) electrons. The van der Waals surface area contributed by atoms with Crippen molar-refractivity contribution in [1.82, 2.24) is 0 Å². The highest BCUT2D eigenvalue weighted by Gasteiger charge is 2.14. The maximum absolute atomic E-state index is 11.8. The average molecular weight is 265 g/mol. The predicted octanol–water partition coefficient (Wildman–Crippen LogP) is 3.11. The number of non-ortho nitro benzene ring substituents is 1. The molecular weight excluding hydrogens is 246 g/mol. The van der Waals surface area contributed by atoms with Gasteiger partial charge in [-0.3, -0.25) is 14.9 Å². The Hall–Kier alpha value is -1.75. The minimum absolute atomic E-state index is 0.0416. The van der Waals surface area contributed by atoms with E-state index in [0.29, 0.717) is 12.0 Å². The normalized spacial score (nSPS) is 12.1. The first-order valence-corrected chi connectivity index (χ1v) is 6.50. The van der Waals surface area contributed by atoms with Gasteiger partial charge >= 0.3 is 0 Å². The number of nitrogens with zero attached hydrogens (tertiary/aromatic N) is 1. The van der Waals surface area contributed by atoms with Crippen molar-refractivity contribution in [2.45, 2.75) is 45.1 Å². The van der Waals surface area contributed by atoms with Gasteiger partial charge in [0.2, 0.25) is 0 Å². The highest BCUT2D eigenvalue weighted by atomic mass is 16.6. The molecule has 1 aromatic rings. The van der Waals surface area contributed by atoms with Crippen molar-refractivity contribution in [1.29, 1.82) is 0 Å². The van der Waals surface area contributed by atoms with Crippen molar-refractivity contribution < 1.29 is 14.8 Å². The van der Waals surface area contributed by atoms with E-state index in [0.717, 1.165) is 19.3 Å². The van der Waals surface area contributed by atoms with Crippen LogP contribution in [0.25, 0.3) is 0 Å².